The van der Waals surface area contributed by atoms with Gasteiger partial charge in [-0.2, -0.15) is 5.10 Å². The summed E-state index contributed by atoms with van der Waals surface area (Å²) < 4.78 is 1.55. The minimum Gasteiger partial charge on any atom is -0.321 e. The highest BCUT2D eigenvalue weighted by Gasteiger charge is 2.25. The molecule has 1 aromatic heterocycles. The Morgan fingerprint density at radius 3 is 2.69 bits per heavy atom. The number of carbonyl (C=O) groups excluding carboxylic acids is 2. The van der Waals surface area contributed by atoms with Crippen LogP contribution in [0.3, 0.4) is 0 Å². The predicted molar refractivity (Wildman–Crippen MR) is 108 cm³/mol. The third-order valence-electron chi connectivity index (χ3n) is 4.54. The van der Waals surface area contributed by atoms with Crippen LogP contribution in [0.4, 0.5) is 11.4 Å². The van der Waals surface area contributed by atoms with Gasteiger partial charge >= 0.3 is 0 Å². The lowest BCUT2D eigenvalue weighted by Gasteiger charge is -2.23. The van der Waals surface area contributed by atoms with E-state index < -0.39 is 0 Å². The van der Waals surface area contributed by atoms with Crippen LogP contribution in [0.2, 0.25) is 0 Å². The summed E-state index contributed by atoms with van der Waals surface area (Å²) in [5.41, 5.74) is 3.33. The zero-order chi connectivity index (χ0) is 20.4. The molecule has 0 fully saturated rings. The Bertz CT molecular complexity index is 1120. The summed E-state index contributed by atoms with van der Waals surface area (Å²) in [6.07, 6.45) is 0.519. The molecule has 0 aliphatic carbocycles. The highest BCUT2D eigenvalue weighted by atomic mass is 16.2. The molecule has 0 saturated heterocycles. The number of hydrazone groups is 1. The molecule has 0 saturated carbocycles. The molecule has 9 heteroatoms. The number of hydrogen-bond donors (Lipinski definition) is 1. The molecular weight excluding hydrogens is 370 g/mol. The maximum atomic E-state index is 12.8. The van der Waals surface area contributed by atoms with Gasteiger partial charge in [0.25, 0.3) is 5.91 Å². The third-order valence-corrected chi connectivity index (χ3v) is 4.54. The molecule has 146 valence electrons. The van der Waals surface area contributed by atoms with Gasteiger partial charge in [-0.15, -0.1) is 5.10 Å². The number of benzene rings is 2. The van der Waals surface area contributed by atoms with Crippen molar-refractivity contribution in [3.63, 3.8) is 0 Å². The number of aryl methyl sites for hydroxylation is 2. The summed E-state index contributed by atoms with van der Waals surface area (Å²) in [6, 6.07) is 14.7. The lowest BCUT2D eigenvalue weighted by Crippen LogP contribution is -2.36. The zero-order valence-electron chi connectivity index (χ0n) is 16.0. The Balaban J connectivity index is 1.56. The topological polar surface area (TPSA) is 105 Å². The molecule has 1 aliphatic rings. The summed E-state index contributed by atoms with van der Waals surface area (Å²) in [5, 5.41) is 19.9. The minimum absolute atomic E-state index is 0.135. The fraction of sp³-hybridized carbons (Fsp3) is 0.200. The third kappa shape index (κ3) is 3.88. The van der Waals surface area contributed by atoms with Crippen LogP contribution in [0.5, 0.6) is 0 Å². The second-order valence-corrected chi connectivity index (χ2v) is 6.75. The standard InChI is InChI=1S/C20H19N7O2/c1-13-5-3-8-16(11-13)27-18(28)10-9-17(23-27)20(29)21-15-7-4-6-14(12-15)19-22-24-25-26(19)2/h3-8,11-12H,9-10H2,1-2H3,(H,21,29). The number of nitrogens with one attached hydrogen (secondary N) is 1. The summed E-state index contributed by atoms with van der Waals surface area (Å²) in [4.78, 5) is 25.1. The van der Waals surface area contributed by atoms with Gasteiger partial charge in [0, 0.05) is 31.1 Å². The Hall–Kier alpha value is -3.88. The smallest absolute Gasteiger partial charge is 0.271 e. The fourth-order valence-corrected chi connectivity index (χ4v) is 3.09. The molecule has 2 aromatic carbocycles. The van der Waals surface area contributed by atoms with Crippen LogP contribution in [-0.4, -0.2) is 37.7 Å². The number of rotatable bonds is 4. The maximum Gasteiger partial charge on any atom is 0.271 e. The average Bonchev–Trinajstić information content (AvgIpc) is 3.14. The largest absolute Gasteiger partial charge is 0.321 e. The van der Waals surface area contributed by atoms with Gasteiger partial charge in [0.1, 0.15) is 5.71 Å². The van der Waals surface area contributed by atoms with Crippen LogP contribution < -0.4 is 10.3 Å². The first kappa shape index (κ1) is 18.5. The van der Waals surface area contributed by atoms with Crippen LogP contribution in [0, 0.1) is 6.92 Å². The van der Waals surface area contributed by atoms with Gasteiger partial charge in [-0.05, 0) is 47.2 Å². The van der Waals surface area contributed by atoms with Crippen molar-refractivity contribution in [2.75, 3.05) is 10.3 Å². The van der Waals surface area contributed by atoms with Crippen molar-refractivity contribution in [1.82, 2.24) is 20.2 Å². The molecule has 29 heavy (non-hydrogen) atoms. The molecule has 0 bridgehead atoms. The molecule has 4 rings (SSSR count). The number of tetrazole rings is 1. The molecule has 0 unspecified atom stereocenters. The second-order valence-electron chi connectivity index (χ2n) is 6.75. The van der Waals surface area contributed by atoms with E-state index in [0.29, 0.717) is 29.3 Å². The van der Waals surface area contributed by atoms with E-state index in [1.54, 1.807) is 29.9 Å². The van der Waals surface area contributed by atoms with Gasteiger partial charge in [-0.25, -0.2) is 9.69 Å². The van der Waals surface area contributed by atoms with Crippen molar-refractivity contribution < 1.29 is 9.59 Å². The molecule has 3 aromatic rings. The number of amides is 2. The number of aromatic nitrogens is 4. The summed E-state index contributed by atoms with van der Waals surface area (Å²) in [6.45, 7) is 1.94. The fourth-order valence-electron chi connectivity index (χ4n) is 3.09. The number of nitrogens with zero attached hydrogens (tertiary/aromatic N) is 6. The molecule has 2 amide bonds. The zero-order valence-corrected chi connectivity index (χ0v) is 16.0. The van der Waals surface area contributed by atoms with E-state index in [2.05, 4.69) is 25.9 Å². The molecule has 0 radical (unpaired) electrons. The summed E-state index contributed by atoms with van der Waals surface area (Å²) in [5.74, 6) is 0.111. The van der Waals surface area contributed by atoms with Gasteiger partial charge in [0.05, 0.1) is 5.69 Å². The van der Waals surface area contributed by atoms with Crippen LogP contribution in [0.25, 0.3) is 11.4 Å². The van der Waals surface area contributed by atoms with Crippen molar-refractivity contribution in [1.29, 1.82) is 0 Å². The van der Waals surface area contributed by atoms with Gasteiger partial charge in [-0.1, -0.05) is 24.3 Å². The van der Waals surface area contributed by atoms with Gasteiger partial charge < -0.3 is 5.32 Å². The van der Waals surface area contributed by atoms with Crippen molar-refractivity contribution in [2.24, 2.45) is 12.1 Å². The van der Waals surface area contributed by atoms with E-state index in [9.17, 15) is 9.59 Å². The summed E-state index contributed by atoms with van der Waals surface area (Å²) >= 11 is 0. The monoisotopic (exact) mass is 389 g/mol. The van der Waals surface area contributed by atoms with Gasteiger partial charge in [0.15, 0.2) is 5.82 Å². The minimum atomic E-state index is -0.344. The highest BCUT2D eigenvalue weighted by Crippen LogP contribution is 2.23. The van der Waals surface area contributed by atoms with Crippen LogP contribution in [0.1, 0.15) is 18.4 Å². The number of anilines is 2. The molecular formula is C20H19N7O2. The normalized spacial score (nSPS) is 13.9. The summed E-state index contributed by atoms with van der Waals surface area (Å²) in [7, 11) is 1.74. The molecule has 2 heterocycles. The molecule has 1 aliphatic heterocycles. The van der Waals surface area contributed by atoms with Crippen molar-refractivity contribution in [3.05, 3.63) is 54.1 Å². The Kier molecular flexibility index (Phi) is 4.86. The molecule has 0 atom stereocenters. The predicted octanol–water partition coefficient (Wildman–Crippen LogP) is 2.31. The first-order valence-corrected chi connectivity index (χ1v) is 9.12. The lowest BCUT2D eigenvalue weighted by molar-refractivity contribution is -0.118. The average molecular weight is 389 g/mol. The van der Waals surface area contributed by atoms with E-state index >= 15 is 0 Å². The van der Waals surface area contributed by atoms with E-state index in [1.807, 2.05) is 37.3 Å². The first-order chi connectivity index (χ1) is 14.0. The highest BCUT2D eigenvalue weighted by molar-refractivity contribution is 6.44. The molecule has 9 nitrogen and oxygen atoms in total. The second kappa shape index (κ2) is 7.63. The van der Waals surface area contributed by atoms with Gasteiger partial charge in [0.2, 0.25) is 5.91 Å². The van der Waals surface area contributed by atoms with Crippen LogP contribution in [0.15, 0.2) is 53.6 Å². The Morgan fingerprint density at radius 2 is 1.93 bits per heavy atom. The van der Waals surface area contributed by atoms with E-state index in [0.717, 1.165) is 11.1 Å². The lowest BCUT2D eigenvalue weighted by atomic mass is 10.1. The molecule has 1 N–H and O–H groups in total. The Labute approximate surface area is 167 Å². The van der Waals surface area contributed by atoms with Crippen molar-refractivity contribution in [2.45, 2.75) is 19.8 Å². The number of hydrogen-bond acceptors (Lipinski definition) is 6. The van der Waals surface area contributed by atoms with E-state index in [1.165, 1.54) is 5.01 Å². The van der Waals surface area contributed by atoms with Crippen LogP contribution in [-0.2, 0) is 16.6 Å². The SMILES string of the molecule is Cc1cccc(N2N=C(C(=O)Nc3cccc(-c4nnnn4C)c3)CCC2=O)c1. The van der Waals surface area contributed by atoms with Crippen molar-refractivity contribution in [3.8, 4) is 11.4 Å². The van der Waals surface area contributed by atoms with E-state index in [4.69, 9.17) is 0 Å². The Morgan fingerprint density at radius 1 is 1.10 bits per heavy atom. The quantitative estimate of drug-likeness (QED) is 0.737. The van der Waals surface area contributed by atoms with E-state index in [-0.39, 0.29) is 18.2 Å². The number of carbonyl (C=O) groups is 2. The van der Waals surface area contributed by atoms with Crippen molar-refractivity contribution >= 4 is 28.9 Å². The van der Waals surface area contributed by atoms with Crippen LogP contribution >= 0.6 is 0 Å². The maximum absolute atomic E-state index is 12.8. The first-order valence-electron chi connectivity index (χ1n) is 9.12. The molecule has 0 spiro atoms. The van der Waals surface area contributed by atoms with Gasteiger partial charge in [-0.3, -0.25) is 9.59 Å².